The van der Waals surface area contributed by atoms with Crippen LogP contribution >= 0.6 is 0 Å². The van der Waals surface area contributed by atoms with E-state index >= 15 is 0 Å². The molecular weight excluding hydrogens is 855 g/mol. The number of unbranched alkanes of at least 4 members (excludes halogenated alkanes) is 1. The van der Waals surface area contributed by atoms with Gasteiger partial charge in [-0.3, -0.25) is 48.7 Å². The number of benzene rings is 2. The molecule has 2 rings (SSSR count). The molecule has 356 valence electrons. The van der Waals surface area contributed by atoms with E-state index in [0.29, 0.717) is 12.8 Å². The summed E-state index contributed by atoms with van der Waals surface area (Å²) in [6.45, 7) is 2.05. The summed E-state index contributed by atoms with van der Waals surface area (Å²) in [5, 5.41) is 47.5. The predicted molar refractivity (Wildman–Crippen MR) is 235 cm³/mol. The maximum Gasteiger partial charge on any atom is 0.326 e. The Morgan fingerprint density at radius 3 is 1.92 bits per heavy atom. The SMILES string of the molecule is CC(C)C[C@H](NC(=O)CNC(=O)c1ccccc1N)C(=O)N[C@@H](CCCCN)C(=O)N[C@@H](CCCN=C(N)N)C(=O)NCC(=O)NCC(=O)N[C@@H](Cc1ccc(O)c([N+](=O)[O-])c1)C(=O)O. The summed E-state index contributed by atoms with van der Waals surface area (Å²) in [6, 6.07) is 4.23. The Kier molecular flexibility index (Phi) is 22.6. The lowest BCUT2D eigenvalue weighted by molar-refractivity contribution is -0.385. The molecule has 25 heteroatoms. The quantitative estimate of drug-likeness (QED) is 0.0103. The first-order chi connectivity index (χ1) is 30.7. The number of carboxylic acid groups (broad SMARTS) is 1. The number of carbonyl (C=O) groups is 8. The molecule has 7 amide bonds. The molecule has 2 aromatic carbocycles. The lowest BCUT2D eigenvalue weighted by atomic mass is 10.0. The van der Waals surface area contributed by atoms with Gasteiger partial charge in [0.25, 0.3) is 5.91 Å². The van der Waals surface area contributed by atoms with Crippen LogP contribution in [0.3, 0.4) is 0 Å². The standard InChI is InChI=1S/C40H59N13O12/c1-22(2)16-28(49-34(57)21-47-35(58)24-8-3-4-9-25(24)42)38(61)52-27(10-5-6-14-41)37(60)51-26(11-7-15-45-40(43)44)36(59)48-19-32(55)46-20-33(56)50-29(39(62)63)17-23-12-13-31(54)30(18-23)53(64)65/h3-4,8-9,12-13,18,22,26-29,54H,5-7,10-11,14-17,19-21,41-42H2,1-2H3,(H,46,55)(H,47,58)(H,48,59)(H,49,57)(H,50,56)(H,51,60)(H,52,61)(H,62,63)(H4,43,44,45)/t26-,27-,28-,29-/m0/s1. The van der Waals surface area contributed by atoms with Crippen molar-refractivity contribution in [2.45, 2.75) is 83.0 Å². The van der Waals surface area contributed by atoms with Gasteiger partial charge in [-0.25, -0.2) is 4.79 Å². The number of hydrogen-bond donors (Lipinski definition) is 13. The fraction of sp³-hybridized carbons (Fsp3) is 0.475. The van der Waals surface area contributed by atoms with Crippen LogP contribution < -0.4 is 60.2 Å². The van der Waals surface area contributed by atoms with Gasteiger partial charge in [0.15, 0.2) is 11.7 Å². The molecule has 0 aliphatic heterocycles. The number of nitro benzene ring substituents is 1. The number of carbonyl (C=O) groups excluding carboxylic acids is 7. The molecule has 0 unspecified atom stereocenters. The molecule has 0 bridgehead atoms. The van der Waals surface area contributed by atoms with E-state index in [1.54, 1.807) is 12.1 Å². The van der Waals surface area contributed by atoms with E-state index in [1.807, 2.05) is 13.8 Å². The first kappa shape index (κ1) is 53.6. The van der Waals surface area contributed by atoms with Crippen LogP contribution in [0.15, 0.2) is 47.5 Å². The average molecular weight is 914 g/mol. The van der Waals surface area contributed by atoms with E-state index < -0.39 is 114 Å². The van der Waals surface area contributed by atoms with Crippen LogP contribution in [0.4, 0.5) is 11.4 Å². The summed E-state index contributed by atoms with van der Waals surface area (Å²) < 4.78 is 0. The second kappa shape index (κ2) is 27.5. The maximum absolute atomic E-state index is 13.8. The molecule has 25 nitrogen and oxygen atoms in total. The number of nitrogens with zero attached hydrogens (tertiary/aromatic N) is 2. The van der Waals surface area contributed by atoms with E-state index in [-0.39, 0.29) is 67.5 Å². The molecular formula is C40H59N13O12. The van der Waals surface area contributed by atoms with Crippen molar-refractivity contribution < 1.29 is 53.5 Å². The molecule has 0 heterocycles. The summed E-state index contributed by atoms with van der Waals surface area (Å²) in [5.74, 6) is -7.91. The third-order valence-electron chi connectivity index (χ3n) is 9.31. The van der Waals surface area contributed by atoms with Gasteiger partial charge in [-0.15, -0.1) is 0 Å². The monoisotopic (exact) mass is 913 g/mol. The largest absolute Gasteiger partial charge is 0.502 e. The Hall–Kier alpha value is -7.57. The first-order valence-corrected chi connectivity index (χ1v) is 20.5. The highest BCUT2D eigenvalue weighted by Gasteiger charge is 2.30. The number of nitrogens with two attached hydrogens (primary N) is 4. The molecule has 0 aliphatic carbocycles. The number of hydrogen-bond acceptors (Lipinski definition) is 14. The van der Waals surface area contributed by atoms with Gasteiger partial charge < -0.3 is 70.4 Å². The highest BCUT2D eigenvalue weighted by atomic mass is 16.6. The van der Waals surface area contributed by atoms with Crippen molar-refractivity contribution in [3.63, 3.8) is 0 Å². The minimum Gasteiger partial charge on any atom is -0.502 e. The van der Waals surface area contributed by atoms with Crippen LogP contribution in [0.25, 0.3) is 0 Å². The molecule has 2 aromatic rings. The highest BCUT2D eigenvalue weighted by molar-refractivity contribution is 6.01. The topological polar surface area (TPSA) is 421 Å². The predicted octanol–water partition coefficient (Wildman–Crippen LogP) is -2.66. The lowest BCUT2D eigenvalue weighted by Gasteiger charge is -2.26. The molecule has 17 N–H and O–H groups in total. The molecule has 4 atom stereocenters. The second-order valence-corrected chi connectivity index (χ2v) is 15.1. The van der Waals surface area contributed by atoms with Crippen molar-refractivity contribution in [3.8, 4) is 5.75 Å². The van der Waals surface area contributed by atoms with Crippen LogP contribution in [-0.2, 0) is 40.0 Å². The second-order valence-electron chi connectivity index (χ2n) is 15.1. The minimum absolute atomic E-state index is 0.0466. The Bertz CT molecular complexity index is 2040. The van der Waals surface area contributed by atoms with Gasteiger partial charge in [0.05, 0.1) is 30.1 Å². The summed E-state index contributed by atoms with van der Waals surface area (Å²) in [6.07, 6.45) is 0.818. The fourth-order valence-corrected chi connectivity index (χ4v) is 6.04. The van der Waals surface area contributed by atoms with E-state index in [0.717, 1.165) is 12.1 Å². The average Bonchev–Trinajstić information content (AvgIpc) is 3.24. The van der Waals surface area contributed by atoms with Crippen molar-refractivity contribution in [3.05, 3.63) is 63.7 Å². The number of guanidine groups is 1. The van der Waals surface area contributed by atoms with E-state index in [1.165, 1.54) is 18.2 Å². The summed E-state index contributed by atoms with van der Waals surface area (Å²) >= 11 is 0. The molecule has 0 spiro atoms. The van der Waals surface area contributed by atoms with Crippen molar-refractivity contribution in [2.24, 2.45) is 28.1 Å². The van der Waals surface area contributed by atoms with Gasteiger partial charge in [-0.1, -0.05) is 32.0 Å². The molecule has 65 heavy (non-hydrogen) atoms. The number of phenolic OH excluding ortho intramolecular Hbond substituents is 1. The number of rotatable bonds is 28. The van der Waals surface area contributed by atoms with Crippen molar-refractivity contribution >= 4 is 64.7 Å². The zero-order chi connectivity index (χ0) is 48.6. The van der Waals surface area contributed by atoms with Crippen LogP contribution in [-0.4, -0.2) is 125 Å². The lowest BCUT2D eigenvalue weighted by Crippen LogP contribution is -2.57. The number of aromatic hydroxyl groups is 1. The molecule has 0 fully saturated rings. The van der Waals surface area contributed by atoms with Crippen LogP contribution in [0.1, 0.15) is 68.3 Å². The van der Waals surface area contributed by atoms with E-state index in [4.69, 9.17) is 22.9 Å². The Morgan fingerprint density at radius 2 is 1.32 bits per heavy atom. The Labute approximate surface area is 373 Å². The Balaban J connectivity index is 2.11. The number of carboxylic acids is 1. The molecule has 0 saturated heterocycles. The Morgan fingerprint density at radius 1 is 0.738 bits per heavy atom. The van der Waals surface area contributed by atoms with Gasteiger partial charge in [0, 0.05) is 24.7 Å². The number of aliphatic carboxylic acids is 1. The number of nitro groups is 1. The number of nitrogen functional groups attached to an aromatic ring is 1. The highest BCUT2D eigenvalue weighted by Crippen LogP contribution is 2.26. The zero-order valence-corrected chi connectivity index (χ0v) is 36.1. The van der Waals surface area contributed by atoms with Gasteiger partial charge >= 0.3 is 11.7 Å². The van der Waals surface area contributed by atoms with Crippen LogP contribution in [0.5, 0.6) is 5.75 Å². The van der Waals surface area contributed by atoms with Crippen molar-refractivity contribution in [1.82, 2.24) is 37.2 Å². The molecule has 0 saturated carbocycles. The third kappa shape index (κ3) is 20.0. The number of anilines is 1. The maximum atomic E-state index is 13.8. The van der Waals surface area contributed by atoms with Gasteiger partial charge in [0.1, 0.15) is 24.2 Å². The van der Waals surface area contributed by atoms with Crippen molar-refractivity contribution in [2.75, 3.05) is 38.5 Å². The molecule has 0 aromatic heterocycles. The first-order valence-electron chi connectivity index (χ1n) is 20.5. The van der Waals surface area contributed by atoms with Gasteiger partial charge in [-0.05, 0) is 74.8 Å². The smallest absolute Gasteiger partial charge is 0.326 e. The summed E-state index contributed by atoms with van der Waals surface area (Å²) in [5.41, 5.74) is 22.2. The third-order valence-corrected chi connectivity index (χ3v) is 9.31. The molecule has 0 radical (unpaired) electrons. The van der Waals surface area contributed by atoms with Gasteiger partial charge in [-0.2, -0.15) is 0 Å². The van der Waals surface area contributed by atoms with Crippen molar-refractivity contribution in [1.29, 1.82) is 0 Å². The zero-order valence-electron chi connectivity index (χ0n) is 36.1. The number of nitrogens with one attached hydrogen (secondary N) is 7. The number of para-hydroxylation sites is 1. The normalized spacial score (nSPS) is 12.6. The summed E-state index contributed by atoms with van der Waals surface area (Å²) in [4.78, 5) is 118. The van der Waals surface area contributed by atoms with Crippen LogP contribution in [0, 0.1) is 16.0 Å². The van der Waals surface area contributed by atoms with Crippen LogP contribution in [0.2, 0.25) is 0 Å². The molecule has 0 aliphatic rings. The number of phenols is 1. The minimum atomic E-state index is -1.57. The van der Waals surface area contributed by atoms with E-state index in [9.17, 15) is 58.7 Å². The fourth-order valence-electron chi connectivity index (χ4n) is 6.04. The number of amides is 7. The van der Waals surface area contributed by atoms with Gasteiger partial charge in [0.2, 0.25) is 35.4 Å². The summed E-state index contributed by atoms with van der Waals surface area (Å²) in [7, 11) is 0. The number of aliphatic imine (C=N–C) groups is 1. The van der Waals surface area contributed by atoms with E-state index in [2.05, 4.69) is 42.2 Å².